The minimum atomic E-state index is -0.498. The van der Waals surface area contributed by atoms with Gasteiger partial charge in [-0.3, -0.25) is 0 Å². The van der Waals surface area contributed by atoms with Crippen LogP contribution in [-0.4, -0.2) is 11.7 Å². The van der Waals surface area contributed by atoms with E-state index in [1.165, 1.54) is 0 Å². The predicted molar refractivity (Wildman–Crippen MR) is 54.6 cm³/mol. The summed E-state index contributed by atoms with van der Waals surface area (Å²) in [5.74, 6) is 0.0705. The van der Waals surface area contributed by atoms with Crippen molar-refractivity contribution in [3.8, 4) is 0 Å². The molecule has 0 heterocycles. The molecule has 2 atom stereocenters. The van der Waals surface area contributed by atoms with E-state index in [4.69, 9.17) is 17.3 Å². The summed E-state index contributed by atoms with van der Waals surface area (Å²) in [7, 11) is 0. The first-order valence-corrected chi connectivity index (χ1v) is 4.66. The Morgan fingerprint density at radius 1 is 1.38 bits per heavy atom. The summed E-state index contributed by atoms with van der Waals surface area (Å²) < 4.78 is 0. The standard InChI is InChI=1S/C10H14ClNO/c1-7(6-12)10(13)8-2-4-9(11)5-3-8/h2-5,7,10,13H,6,12H2,1H3. The number of rotatable bonds is 3. The average molecular weight is 200 g/mol. The molecule has 0 spiro atoms. The van der Waals surface area contributed by atoms with Crippen molar-refractivity contribution in [3.05, 3.63) is 34.9 Å². The topological polar surface area (TPSA) is 46.2 Å². The van der Waals surface area contributed by atoms with Gasteiger partial charge in [-0.05, 0) is 30.2 Å². The first-order chi connectivity index (χ1) is 6.15. The molecule has 2 nitrogen and oxygen atoms in total. The molecule has 1 rings (SSSR count). The summed E-state index contributed by atoms with van der Waals surface area (Å²) in [6.07, 6.45) is -0.498. The maximum atomic E-state index is 9.76. The molecule has 0 radical (unpaired) electrons. The Hall–Kier alpha value is -0.570. The van der Waals surface area contributed by atoms with Crippen LogP contribution in [0.1, 0.15) is 18.6 Å². The monoisotopic (exact) mass is 199 g/mol. The third-order valence-electron chi connectivity index (χ3n) is 2.12. The lowest BCUT2D eigenvalue weighted by atomic mass is 9.98. The van der Waals surface area contributed by atoms with Gasteiger partial charge in [-0.15, -0.1) is 0 Å². The zero-order valence-corrected chi connectivity index (χ0v) is 8.33. The van der Waals surface area contributed by atoms with Crippen molar-refractivity contribution in [2.45, 2.75) is 13.0 Å². The van der Waals surface area contributed by atoms with Gasteiger partial charge in [-0.25, -0.2) is 0 Å². The highest BCUT2D eigenvalue weighted by atomic mass is 35.5. The molecular formula is C10H14ClNO. The van der Waals surface area contributed by atoms with Crippen molar-refractivity contribution in [1.82, 2.24) is 0 Å². The fraction of sp³-hybridized carbons (Fsp3) is 0.400. The van der Waals surface area contributed by atoms with Crippen LogP contribution in [0.3, 0.4) is 0 Å². The molecule has 0 aliphatic heterocycles. The SMILES string of the molecule is CC(CN)C(O)c1ccc(Cl)cc1. The van der Waals surface area contributed by atoms with Crippen LogP contribution >= 0.6 is 11.6 Å². The van der Waals surface area contributed by atoms with Crippen molar-refractivity contribution in [2.75, 3.05) is 6.54 Å². The zero-order valence-electron chi connectivity index (χ0n) is 7.57. The van der Waals surface area contributed by atoms with Gasteiger partial charge in [0, 0.05) is 5.02 Å². The summed E-state index contributed by atoms with van der Waals surface area (Å²) in [6.45, 7) is 2.39. The van der Waals surface area contributed by atoms with Crippen LogP contribution in [0.4, 0.5) is 0 Å². The molecule has 1 aromatic carbocycles. The van der Waals surface area contributed by atoms with E-state index in [1.54, 1.807) is 12.1 Å². The van der Waals surface area contributed by atoms with Gasteiger partial charge in [0.2, 0.25) is 0 Å². The Kier molecular flexibility index (Phi) is 3.72. The first-order valence-electron chi connectivity index (χ1n) is 4.28. The molecule has 13 heavy (non-hydrogen) atoms. The lowest BCUT2D eigenvalue weighted by Crippen LogP contribution is -2.18. The molecule has 0 saturated heterocycles. The number of halogens is 1. The van der Waals surface area contributed by atoms with E-state index in [-0.39, 0.29) is 5.92 Å². The number of hydrogen-bond acceptors (Lipinski definition) is 2. The van der Waals surface area contributed by atoms with E-state index in [1.807, 2.05) is 19.1 Å². The minimum Gasteiger partial charge on any atom is -0.388 e. The third kappa shape index (κ3) is 2.69. The van der Waals surface area contributed by atoms with Gasteiger partial charge in [0.05, 0.1) is 6.10 Å². The van der Waals surface area contributed by atoms with E-state index < -0.39 is 6.10 Å². The van der Waals surface area contributed by atoms with Crippen LogP contribution in [-0.2, 0) is 0 Å². The van der Waals surface area contributed by atoms with Crippen LogP contribution in [0.25, 0.3) is 0 Å². The molecule has 0 saturated carbocycles. The number of aliphatic hydroxyl groups is 1. The van der Waals surface area contributed by atoms with Crippen LogP contribution in [0.5, 0.6) is 0 Å². The van der Waals surface area contributed by atoms with Gasteiger partial charge < -0.3 is 10.8 Å². The zero-order chi connectivity index (χ0) is 9.84. The number of hydrogen-bond donors (Lipinski definition) is 2. The Morgan fingerprint density at radius 3 is 2.38 bits per heavy atom. The van der Waals surface area contributed by atoms with Crippen molar-refractivity contribution < 1.29 is 5.11 Å². The van der Waals surface area contributed by atoms with E-state index >= 15 is 0 Å². The molecule has 2 unspecified atom stereocenters. The van der Waals surface area contributed by atoms with Crippen LogP contribution < -0.4 is 5.73 Å². The van der Waals surface area contributed by atoms with Gasteiger partial charge in [-0.2, -0.15) is 0 Å². The normalized spacial score (nSPS) is 15.4. The van der Waals surface area contributed by atoms with Gasteiger partial charge >= 0.3 is 0 Å². The molecule has 0 aliphatic rings. The lowest BCUT2D eigenvalue weighted by molar-refractivity contribution is 0.122. The molecule has 0 fully saturated rings. The van der Waals surface area contributed by atoms with E-state index in [9.17, 15) is 5.11 Å². The molecule has 0 amide bonds. The summed E-state index contributed by atoms with van der Waals surface area (Å²) >= 11 is 5.72. The molecule has 0 aromatic heterocycles. The average Bonchev–Trinajstić information content (AvgIpc) is 2.17. The first kappa shape index (κ1) is 10.5. The second kappa shape index (κ2) is 4.61. The van der Waals surface area contributed by atoms with Gasteiger partial charge in [0.25, 0.3) is 0 Å². The molecule has 3 heteroatoms. The summed E-state index contributed by atoms with van der Waals surface area (Å²) in [5, 5.41) is 10.4. The predicted octanol–water partition coefficient (Wildman–Crippen LogP) is 1.97. The van der Waals surface area contributed by atoms with E-state index in [2.05, 4.69) is 0 Å². The van der Waals surface area contributed by atoms with Crippen LogP contribution in [0.2, 0.25) is 5.02 Å². The van der Waals surface area contributed by atoms with Gasteiger partial charge in [0.15, 0.2) is 0 Å². The highest BCUT2D eigenvalue weighted by molar-refractivity contribution is 6.30. The quantitative estimate of drug-likeness (QED) is 0.782. The Bertz CT molecular complexity index is 260. The number of nitrogens with two attached hydrogens (primary N) is 1. The lowest BCUT2D eigenvalue weighted by Gasteiger charge is -2.17. The minimum absolute atomic E-state index is 0.0705. The Morgan fingerprint density at radius 2 is 1.92 bits per heavy atom. The molecule has 0 aliphatic carbocycles. The van der Waals surface area contributed by atoms with Crippen LogP contribution in [0.15, 0.2) is 24.3 Å². The number of benzene rings is 1. The molecule has 3 N–H and O–H groups in total. The smallest absolute Gasteiger partial charge is 0.0827 e. The molecular weight excluding hydrogens is 186 g/mol. The maximum Gasteiger partial charge on any atom is 0.0827 e. The second-order valence-electron chi connectivity index (χ2n) is 3.21. The fourth-order valence-corrected chi connectivity index (χ4v) is 1.24. The third-order valence-corrected chi connectivity index (χ3v) is 2.37. The second-order valence-corrected chi connectivity index (χ2v) is 3.65. The summed E-state index contributed by atoms with van der Waals surface area (Å²) in [4.78, 5) is 0. The molecule has 1 aromatic rings. The highest BCUT2D eigenvalue weighted by Gasteiger charge is 2.14. The Labute approximate surface area is 83.3 Å². The van der Waals surface area contributed by atoms with Crippen LogP contribution in [0, 0.1) is 5.92 Å². The summed E-state index contributed by atoms with van der Waals surface area (Å²) in [5.41, 5.74) is 6.32. The van der Waals surface area contributed by atoms with Crippen molar-refractivity contribution in [2.24, 2.45) is 11.7 Å². The van der Waals surface area contributed by atoms with Crippen molar-refractivity contribution >= 4 is 11.6 Å². The van der Waals surface area contributed by atoms with Crippen molar-refractivity contribution in [3.63, 3.8) is 0 Å². The van der Waals surface area contributed by atoms with E-state index in [0.717, 1.165) is 5.56 Å². The number of aliphatic hydroxyl groups excluding tert-OH is 1. The molecule has 72 valence electrons. The maximum absolute atomic E-state index is 9.76. The Balaban J connectivity index is 2.77. The van der Waals surface area contributed by atoms with E-state index in [0.29, 0.717) is 11.6 Å². The van der Waals surface area contributed by atoms with Gasteiger partial charge in [0.1, 0.15) is 0 Å². The largest absolute Gasteiger partial charge is 0.388 e. The van der Waals surface area contributed by atoms with Gasteiger partial charge in [-0.1, -0.05) is 30.7 Å². The highest BCUT2D eigenvalue weighted by Crippen LogP contribution is 2.22. The fourth-order valence-electron chi connectivity index (χ4n) is 1.12. The van der Waals surface area contributed by atoms with Crippen molar-refractivity contribution in [1.29, 1.82) is 0 Å². The summed E-state index contributed by atoms with van der Waals surface area (Å²) in [6, 6.07) is 7.17. The molecule has 0 bridgehead atoms.